The van der Waals surface area contributed by atoms with Crippen LogP contribution in [0.1, 0.15) is 44.7 Å². The van der Waals surface area contributed by atoms with Gasteiger partial charge >= 0.3 is 0 Å². The number of likely N-dealkylation sites (tertiary alicyclic amines) is 1. The third-order valence-corrected chi connectivity index (χ3v) is 5.26. The SMILES string of the molecule is CCNC(=NCC(c1cccc(OC)c1)N1CCCC1)NC1CC1C.I. The summed E-state index contributed by atoms with van der Waals surface area (Å²) in [6.45, 7) is 8.37. The number of nitrogens with zero attached hydrogens (tertiary/aromatic N) is 2. The molecule has 2 fully saturated rings. The molecule has 1 heterocycles. The molecule has 3 rings (SSSR count). The van der Waals surface area contributed by atoms with Crippen molar-refractivity contribution in [1.29, 1.82) is 0 Å². The fourth-order valence-electron chi connectivity index (χ4n) is 3.53. The Hall–Kier alpha value is -1.02. The molecule has 1 saturated carbocycles. The van der Waals surface area contributed by atoms with Crippen LogP contribution in [0.15, 0.2) is 29.3 Å². The summed E-state index contributed by atoms with van der Waals surface area (Å²) in [4.78, 5) is 7.47. The van der Waals surface area contributed by atoms with Crippen molar-refractivity contribution in [2.24, 2.45) is 10.9 Å². The number of aliphatic imine (C=N–C) groups is 1. The van der Waals surface area contributed by atoms with Gasteiger partial charge in [-0.2, -0.15) is 0 Å². The van der Waals surface area contributed by atoms with Crippen molar-refractivity contribution in [1.82, 2.24) is 15.5 Å². The molecule has 0 amide bonds. The number of methoxy groups -OCH3 is 1. The summed E-state index contributed by atoms with van der Waals surface area (Å²) in [7, 11) is 1.73. The molecule has 0 bridgehead atoms. The minimum Gasteiger partial charge on any atom is -0.497 e. The van der Waals surface area contributed by atoms with E-state index in [-0.39, 0.29) is 24.0 Å². The number of nitrogens with one attached hydrogen (secondary N) is 2. The Balaban J connectivity index is 0.00000243. The molecule has 2 aliphatic rings. The van der Waals surface area contributed by atoms with Crippen LogP contribution in [0.25, 0.3) is 0 Å². The van der Waals surface area contributed by atoms with Gasteiger partial charge in [0.2, 0.25) is 0 Å². The summed E-state index contributed by atoms with van der Waals surface area (Å²) in [5.74, 6) is 2.63. The topological polar surface area (TPSA) is 48.9 Å². The fraction of sp³-hybridized carbons (Fsp3) is 0.650. The van der Waals surface area contributed by atoms with Crippen LogP contribution in [-0.4, -0.2) is 50.2 Å². The number of halogens is 1. The molecule has 2 N–H and O–H groups in total. The number of hydrogen-bond acceptors (Lipinski definition) is 3. The molecular formula is C20H33IN4O. The van der Waals surface area contributed by atoms with Gasteiger partial charge < -0.3 is 15.4 Å². The van der Waals surface area contributed by atoms with Crippen LogP contribution in [0.3, 0.4) is 0 Å². The number of rotatable bonds is 7. The van der Waals surface area contributed by atoms with Gasteiger partial charge in [0.1, 0.15) is 5.75 Å². The van der Waals surface area contributed by atoms with Crippen molar-refractivity contribution in [2.45, 2.75) is 45.2 Å². The largest absolute Gasteiger partial charge is 0.497 e. The van der Waals surface area contributed by atoms with E-state index in [1.165, 1.54) is 24.8 Å². The van der Waals surface area contributed by atoms with Crippen LogP contribution in [0, 0.1) is 5.92 Å². The smallest absolute Gasteiger partial charge is 0.191 e. The van der Waals surface area contributed by atoms with Crippen molar-refractivity contribution >= 4 is 29.9 Å². The van der Waals surface area contributed by atoms with Gasteiger partial charge in [-0.15, -0.1) is 24.0 Å². The second-order valence-corrected chi connectivity index (χ2v) is 7.22. The van der Waals surface area contributed by atoms with Crippen LogP contribution in [-0.2, 0) is 0 Å². The van der Waals surface area contributed by atoms with Crippen LogP contribution < -0.4 is 15.4 Å². The Morgan fingerprint density at radius 3 is 2.69 bits per heavy atom. The summed E-state index contributed by atoms with van der Waals surface area (Å²) < 4.78 is 5.43. The summed E-state index contributed by atoms with van der Waals surface area (Å²) in [5.41, 5.74) is 1.29. The standard InChI is InChI=1S/C20H32N4O.HI/c1-4-21-20(23-18-12-15(18)2)22-14-19(24-10-5-6-11-24)16-8-7-9-17(13-16)25-3;/h7-9,13,15,18-19H,4-6,10-12,14H2,1-3H3,(H2,21,22,23);1H. The van der Waals surface area contributed by atoms with E-state index in [0.717, 1.165) is 43.8 Å². The molecule has 1 saturated heterocycles. The number of hydrogen-bond donors (Lipinski definition) is 2. The van der Waals surface area contributed by atoms with E-state index in [9.17, 15) is 0 Å². The first kappa shape index (κ1) is 21.3. The van der Waals surface area contributed by atoms with Crippen LogP contribution in [0.2, 0.25) is 0 Å². The maximum absolute atomic E-state index is 5.43. The molecule has 0 spiro atoms. The van der Waals surface area contributed by atoms with Crippen LogP contribution >= 0.6 is 24.0 Å². The monoisotopic (exact) mass is 472 g/mol. The zero-order valence-electron chi connectivity index (χ0n) is 16.2. The first-order valence-corrected chi connectivity index (χ1v) is 9.64. The van der Waals surface area contributed by atoms with Crippen LogP contribution in [0.4, 0.5) is 0 Å². The molecule has 3 unspecified atom stereocenters. The fourth-order valence-corrected chi connectivity index (χ4v) is 3.53. The Morgan fingerprint density at radius 2 is 2.08 bits per heavy atom. The van der Waals surface area contributed by atoms with Gasteiger partial charge in [-0.1, -0.05) is 19.1 Å². The summed E-state index contributed by atoms with van der Waals surface area (Å²) in [6, 6.07) is 9.33. The molecular weight excluding hydrogens is 439 g/mol. The average molecular weight is 472 g/mol. The minimum absolute atomic E-state index is 0. The lowest BCUT2D eigenvalue weighted by Gasteiger charge is -2.27. The van der Waals surface area contributed by atoms with Crippen molar-refractivity contribution in [3.05, 3.63) is 29.8 Å². The number of guanidine groups is 1. The van der Waals surface area contributed by atoms with E-state index in [1.54, 1.807) is 7.11 Å². The Labute approximate surface area is 175 Å². The number of benzene rings is 1. The summed E-state index contributed by atoms with van der Waals surface area (Å²) in [6.07, 6.45) is 3.81. The van der Waals surface area contributed by atoms with E-state index < -0.39 is 0 Å². The van der Waals surface area contributed by atoms with Gasteiger partial charge in [-0.3, -0.25) is 9.89 Å². The molecule has 26 heavy (non-hydrogen) atoms. The van der Waals surface area contributed by atoms with Crippen molar-refractivity contribution in [3.8, 4) is 5.75 Å². The maximum Gasteiger partial charge on any atom is 0.191 e. The average Bonchev–Trinajstić information content (AvgIpc) is 3.09. The highest BCUT2D eigenvalue weighted by Crippen LogP contribution is 2.29. The molecule has 5 nitrogen and oxygen atoms in total. The molecule has 1 aromatic carbocycles. The van der Waals surface area contributed by atoms with E-state index in [2.05, 4.69) is 47.6 Å². The van der Waals surface area contributed by atoms with Gasteiger partial charge in [0.15, 0.2) is 5.96 Å². The Bertz CT molecular complexity index is 589. The van der Waals surface area contributed by atoms with Gasteiger partial charge in [0, 0.05) is 12.6 Å². The molecule has 3 atom stereocenters. The van der Waals surface area contributed by atoms with Gasteiger partial charge in [-0.25, -0.2) is 0 Å². The van der Waals surface area contributed by atoms with Gasteiger partial charge in [0.25, 0.3) is 0 Å². The molecule has 0 aromatic heterocycles. The zero-order valence-corrected chi connectivity index (χ0v) is 18.5. The van der Waals surface area contributed by atoms with Crippen molar-refractivity contribution in [3.63, 3.8) is 0 Å². The highest BCUT2D eigenvalue weighted by atomic mass is 127. The zero-order chi connectivity index (χ0) is 17.6. The third-order valence-electron chi connectivity index (χ3n) is 5.26. The van der Waals surface area contributed by atoms with E-state index in [1.807, 2.05) is 6.07 Å². The Morgan fingerprint density at radius 1 is 1.35 bits per heavy atom. The molecule has 1 aliphatic heterocycles. The van der Waals surface area contributed by atoms with Gasteiger partial charge in [-0.05, 0) is 62.9 Å². The normalized spacial score (nSPS) is 23.9. The van der Waals surface area contributed by atoms with Crippen LogP contribution in [0.5, 0.6) is 5.75 Å². The summed E-state index contributed by atoms with van der Waals surface area (Å²) in [5, 5.41) is 6.95. The second kappa shape index (κ2) is 10.3. The van der Waals surface area contributed by atoms with E-state index in [4.69, 9.17) is 9.73 Å². The predicted octanol–water partition coefficient (Wildman–Crippen LogP) is 3.41. The Kier molecular flexibility index (Phi) is 8.47. The highest BCUT2D eigenvalue weighted by Gasteiger charge is 2.33. The van der Waals surface area contributed by atoms with Gasteiger partial charge in [0.05, 0.1) is 19.7 Å². The highest BCUT2D eigenvalue weighted by molar-refractivity contribution is 14.0. The lowest BCUT2D eigenvalue weighted by molar-refractivity contribution is 0.251. The van der Waals surface area contributed by atoms with E-state index >= 15 is 0 Å². The lowest BCUT2D eigenvalue weighted by atomic mass is 10.1. The maximum atomic E-state index is 5.43. The molecule has 146 valence electrons. The minimum atomic E-state index is 0. The molecule has 1 aliphatic carbocycles. The van der Waals surface area contributed by atoms with Crippen molar-refractivity contribution in [2.75, 3.05) is 33.3 Å². The molecule has 0 radical (unpaired) electrons. The lowest BCUT2D eigenvalue weighted by Crippen LogP contribution is -2.40. The first-order chi connectivity index (χ1) is 12.2. The molecule has 6 heteroatoms. The quantitative estimate of drug-likeness (QED) is 0.363. The predicted molar refractivity (Wildman–Crippen MR) is 119 cm³/mol. The summed E-state index contributed by atoms with van der Waals surface area (Å²) >= 11 is 0. The van der Waals surface area contributed by atoms with Crippen molar-refractivity contribution < 1.29 is 4.74 Å². The second-order valence-electron chi connectivity index (χ2n) is 7.22. The first-order valence-electron chi connectivity index (χ1n) is 9.64. The number of ether oxygens (including phenoxy) is 1. The molecule has 1 aromatic rings. The van der Waals surface area contributed by atoms with E-state index in [0.29, 0.717) is 12.1 Å². The third kappa shape index (κ3) is 5.74.